The summed E-state index contributed by atoms with van der Waals surface area (Å²) >= 11 is 0. The fraction of sp³-hybridized carbons (Fsp3) is 0.471. The van der Waals surface area contributed by atoms with E-state index in [0.717, 1.165) is 50.8 Å². The zero-order valence-electron chi connectivity index (χ0n) is 14.4. The summed E-state index contributed by atoms with van der Waals surface area (Å²) in [5.74, 6) is 0.812. The Morgan fingerprint density at radius 1 is 1.21 bits per heavy atom. The van der Waals surface area contributed by atoms with Crippen LogP contribution in [0.1, 0.15) is 25.3 Å². The number of unbranched alkanes of at least 4 members (excludes halogenated alkanes) is 1. The lowest BCUT2D eigenvalue weighted by atomic mass is 10.2. The normalized spacial score (nSPS) is 11.5. The van der Waals surface area contributed by atoms with Gasteiger partial charge in [0.25, 0.3) is 0 Å². The molecule has 0 aliphatic heterocycles. The van der Waals surface area contributed by atoms with Crippen LogP contribution in [0.4, 0.5) is 0 Å². The summed E-state index contributed by atoms with van der Waals surface area (Å²) in [4.78, 5) is 8.19. The minimum Gasteiger partial charge on any atom is -0.382 e. The Morgan fingerprint density at radius 3 is 2.71 bits per heavy atom. The first kappa shape index (κ1) is 17.9. The van der Waals surface area contributed by atoms with Gasteiger partial charge in [-0.1, -0.05) is 12.1 Å². The zero-order chi connectivity index (χ0) is 17.0. The molecule has 130 valence electrons. The average molecular weight is 330 g/mol. The molecular weight excluding hydrogens is 304 g/mol. The van der Waals surface area contributed by atoms with Crippen LogP contribution in [0.25, 0.3) is 5.69 Å². The second kappa shape index (κ2) is 10.4. The number of rotatable bonds is 9. The molecular formula is C17H26N6O. The van der Waals surface area contributed by atoms with Crippen molar-refractivity contribution in [1.29, 1.82) is 0 Å². The smallest absolute Gasteiger partial charge is 0.191 e. The van der Waals surface area contributed by atoms with E-state index >= 15 is 0 Å². The minimum atomic E-state index is 0.719. The number of guanidine groups is 1. The van der Waals surface area contributed by atoms with Gasteiger partial charge in [0.05, 0.1) is 5.69 Å². The minimum absolute atomic E-state index is 0.719. The molecule has 0 aliphatic rings. The van der Waals surface area contributed by atoms with Gasteiger partial charge in [0.2, 0.25) is 0 Å². The lowest BCUT2D eigenvalue weighted by Gasteiger charge is -2.12. The van der Waals surface area contributed by atoms with E-state index in [9.17, 15) is 0 Å². The molecule has 2 N–H and O–H groups in total. The van der Waals surface area contributed by atoms with E-state index in [-0.39, 0.29) is 0 Å². The van der Waals surface area contributed by atoms with Crippen molar-refractivity contribution in [3.05, 3.63) is 42.5 Å². The number of ether oxygens (including phenoxy) is 1. The molecule has 1 aromatic carbocycles. The molecule has 0 spiro atoms. The lowest BCUT2D eigenvalue weighted by molar-refractivity contribution is 0.143. The molecule has 0 saturated heterocycles. The highest BCUT2D eigenvalue weighted by atomic mass is 16.5. The zero-order valence-corrected chi connectivity index (χ0v) is 14.4. The van der Waals surface area contributed by atoms with Crippen molar-refractivity contribution in [3.63, 3.8) is 0 Å². The number of hydrogen-bond donors (Lipinski definition) is 2. The molecule has 2 rings (SSSR count). The molecule has 0 bridgehead atoms. The highest BCUT2D eigenvalue weighted by Crippen LogP contribution is 2.07. The van der Waals surface area contributed by atoms with Crippen molar-refractivity contribution in [2.75, 3.05) is 26.8 Å². The Kier molecular flexibility index (Phi) is 7.76. The van der Waals surface area contributed by atoms with Crippen LogP contribution in [-0.2, 0) is 11.3 Å². The predicted octanol–water partition coefficient (Wildman–Crippen LogP) is 1.75. The van der Waals surface area contributed by atoms with E-state index in [1.54, 1.807) is 18.1 Å². The first-order chi connectivity index (χ1) is 11.8. The predicted molar refractivity (Wildman–Crippen MR) is 95.3 cm³/mol. The van der Waals surface area contributed by atoms with Gasteiger partial charge in [-0.25, -0.2) is 9.67 Å². The first-order valence-corrected chi connectivity index (χ1v) is 8.29. The van der Waals surface area contributed by atoms with Gasteiger partial charge in [0, 0.05) is 33.4 Å². The molecule has 0 aliphatic carbocycles. The second-order valence-electron chi connectivity index (χ2n) is 5.26. The summed E-state index contributed by atoms with van der Waals surface area (Å²) in [6.07, 6.45) is 5.33. The number of nitrogens with zero attached hydrogens (tertiary/aromatic N) is 4. The molecule has 7 heteroatoms. The Labute approximate surface area is 143 Å². The number of hydrogen-bond acceptors (Lipinski definition) is 4. The molecule has 24 heavy (non-hydrogen) atoms. The molecule has 1 aromatic heterocycles. The largest absolute Gasteiger partial charge is 0.382 e. The van der Waals surface area contributed by atoms with E-state index in [1.165, 1.54) is 11.9 Å². The summed E-state index contributed by atoms with van der Waals surface area (Å²) < 4.78 is 7.06. The van der Waals surface area contributed by atoms with E-state index in [1.807, 2.05) is 19.1 Å². The van der Waals surface area contributed by atoms with E-state index < -0.39 is 0 Å². The standard InChI is InChI=1S/C17H26N6O/c1-3-24-11-5-4-10-20-17(18-2)21-12-15-6-8-16(9-7-15)23-14-19-13-22-23/h6-9,13-14H,3-5,10-12H2,1-2H3,(H2,18,20,21). The fourth-order valence-electron chi connectivity index (χ4n) is 2.19. The van der Waals surface area contributed by atoms with Crippen LogP contribution in [0.5, 0.6) is 0 Å². The Hall–Kier alpha value is -2.41. The van der Waals surface area contributed by atoms with Crippen molar-refractivity contribution in [3.8, 4) is 5.69 Å². The highest BCUT2D eigenvalue weighted by Gasteiger charge is 2.00. The molecule has 0 fully saturated rings. The topological polar surface area (TPSA) is 76.4 Å². The van der Waals surface area contributed by atoms with Gasteiger partial charge in [0.1, 0.15) is 12.7 Å². The molecule has 7 nitrogen and oxygen atoms in total. The molecule has 0 radical (unpaired) electrons. The van der Waals surface area contributed by atoms with Crippen LogP contribution >= 0.6 is 0 Å². The van der Waals surface area contributed by atoms with Crippen molar-refractivity contribution >= 4 is 5.96 Å². The van der Waals surface area contributed by atoms with Gasteiger partial charge in [-0.3, -0.25) is 4.99 Å². The maximum Gasteiger partial charge on any atom is 0.191 e. The summed E-state index contributed by atoms with van der Waals surface area (Å²) in [6, 6.07) is 8.18. The maximum absolute atomic E-state index is 5.32. The van der Waals surface area contributed by atoms with Gasteiger partial charge in [-0.15, -0.1) is 0 Å². The molecule has 0 atom stereocenters. The summed E-state index contributed by atoms with van der Waals surface area (Å²) in [6.45, 7) is 5.23. The third kappa shape index (κ3) is 6.00. The van der Waals surface area contributed by atoms with Crippen LogP contribution in [0.3, 0.4) is 0 Å². The maximum atomic E-state index is 5.32. The number of aliphatic imine (C=N–C) groups is 1. The molecule has 0 amide bonds. The van der Waals surface area contributed by atoms with Gasteiger partial charge in [-0.2, -0.15) is 5.10 Å². The van der Waals surface area contributed by atoms with E-state index in [2.05, 4.69) is 37.8 Å². The fourth-order valence-corrected chi connectivity index (χ4v) is 2.19. The van der Waals surface area contributed by atoms with Crippen LogP contribution in [0.2, 0.25) is 0 Å². The number of aromatic nitrogens is 3. The third-order valence-corrected chi connectivity index (χ3v) is 3.52. The van der Waals surface area contributed by atoms with Gasteiger partial charge >= 0.3 is 0 Å². The lowest BCUT2D eigenvalue weighted by Crippen LogP contribution is -2.37. The molecule has 0 saturated carbocycles. The SMILES string of the molecule is CCOCCCCNC(=NC)NCc1ccc(-n2cncn2)cc1. The summed E-state index contributed by atoms with van der Waals surface area (Å²) in [5.41, 5.74) is 2.17. The summed E-state index contributed by atoms with van der Waals surface area (Å²) in [7, 11) is 1.78. The van der Waals surface area contributed by atoms with Crippen molar-refractivity contribution in [2.24, 2.45) is 4.99 Å². The van der Waals surface area contributed by atoms with Crippen molar-refractivity contribution in [1.82, 2.24) is 25.4 Å². The van der Waals surface area contributed by atoms with Crippen LogP contribution in [-0.4, -0.2) is 47.5 Å². The second-order valence-corrected chi connectivity index (χ2v) is 5.26. The van der Waals surface area contributed by atoms with Gasteiger partial charge < -0.3 is 15.4 Å². The monoisotopic (exact) mass is 330 g/mol. The van der Waals surface area contributed by atoms with E-state index in [4.69, 9.17) is 4.74 Å². The Balaban J connectivity index is 1.71. The summed E-state index contributed by atoms with van der Waals surface area (Å²) in [5, 5.41) is 10.7. The van der Waals surface area contributed by atoms with Crippen LogP contribution in [0.15, 0.2) is 41.9 Å². The van der Waals surface area contributed by atoms with Crippen molar-refractivity contribution < 1.29 is 4.74 Å². The molecule has 2 aromatic rings. The number of nitrogens with one attached hydrogen (secondary N) is 2. The van der Waals surface area contributed by atoms with Gasteiger partial charge in [-0.05, 0) is 37.5 Å². The number of benzene rings is 1. The molecule has 0 unspecified atom stereocenters. The average Bonchev–Trinajstić information content (AvgIpc) is 3.15. The molecule has 1 heterocycles. The van der Waals surface area contributed by atoms with Crippen molar-refractivity contribution in [2.45, 2.75) is 26.3 Å². The Morgan fingerprint density at radius 2 is 2.04 bits per heavy atom. The highest BCUT2D eigenvalue weighted by molar-refractivity contribution is 5.79. The van der Waals surface area contributed by atoms with Gasteiger partial charge in [0.15, 0.2) is 5.96 Å². The van der Waals surface area contributed by atoms with Crippen LogP contribution < -0.4 is 10.6 Å². The third-order valence-electron chi connectivity index (χ3n) is 3.52. The Bertz CT molecular complexity index is 594. The van der Waals surface area contributed by atoms with E-state index in [0.29, 0.717) is 0 Å². The quantitative estimate of drug-likeness (QED) is 0.416. The first-order valence-electron chi connectivity index (χ1n) is 8.29. The van der Waals surface area contributed by atoms with Crippen LogP contribution in [0, 0.1) is 0 Å².